The zero-order valence-electron chi connectivity index (χ0n) is 30.2. The Morgan fingerprint density at radius 3 is 1.59 bits per heavy atom. The van der Waals surface area contributed by atoms with Crippen molar-refractivity contribution in [3.63, 3.8) is 0 Å². The maximum absolute atomic E-state index is 5.29. The van der Waals surface area contributed by atoms with Gasteiger partial charge < -0.3 is 0 Å². The van der Waals surface area contributed by atoms with Crippen LogP contribution in [-0.4, -0.2) is 15.0 Å². The van der Waals surface area contributed by atoms with Gasteiger partial charge in [0.05, 0.1) is 16.9 Å². The van der Waals surface area contributed by atoms with Crippen molar-refractivity contribution in [3.05, 3.63) is 188 Å². The molecule has 12 rings (SSSR count). The van der Waals surface area contributed by atoms with Crippen molar-refractivity contribution in [1.29, 1.82) is 0 Å². The number of pyridine rings is 1. The van der Waals surface area contributed by atoms with Crippen LogP contribution in [0.2, 0.25) is 0 Å². The fraction of sp³-hybridized carbons (Fsp3) is 0. The predicted molar refractivity (Wildman–Crippen MR) is 235 cm³/mol. The highest BCUT2D eigenvalue weighted by atomic mass is 14.9. The minimum absolute atomic E-state index is 0.693. The summed E-state index contributed by atoms with van der Waals surface area (Å²) in [6.07, 6.45) is 1.83. The molecule has 258 valence electrons. The van der Waals surface area contributed by atoms with E-state index in [4.69, 9.17) is 9.97 Å². The molecule has 56 heavy (non-hydrogen) atoms. The third-order valence-electron chi connectivity index (χ3n) is 11.6. The van der Waals surface area contributed by atoms with Crippen LogP contribution in [-0.2, 0) is 0 Å². The number of benzene rings is 9. The first-order valence-electron chi connectivity index (χ1n) is 19.1. The molecule has 0 unspecified atom stereocenters. The molecule has 0 fully saturated rings. The van der Waals surface area contributed by atoms with Gasteiger partial charge in [0, 0.05) is 28.3 Å². The summed E-state index contributed by atoms with van der Waals surface area (Å²) in [6, 6.07) is 65.8. The second-order valence-electron chi connectivity index (χ2n) is 14.7. The summed E-state index contributed by atoms with van der Waals surface area (Å²) in [5.41, 5.74) is 8.03. The van der Waals surface area contributed by atoms with Gasteiger partial charge in [0.2, 0.25) is 0 Å². The van der Waals surface area contributed by atoms with Crippen molar-refractivity contribution in [2.45, 2.75) is 0 Å². The molecule has 0 radical (unpaired) electrons. The molecular formula is C53H31N3. The fourth-order valence-electron chi connectivity index (χ4n) is 9.08. The van der Waals surface area contributed by atoms with Crippen LogP contribution in [0.25, 0.3) is 121 Å². The number of hydrogen-bond acceptors (Lipinski definition) is 3. The Morgan fingerprint density at radius 2 is 0.875 bits per heavy atom. The Bertz CT molecular complexity index is 3530. The molecule has 0 aliphatic heterocycles. The van der Waals surface area contributed by atoms with Gasteiger partial charge in [-0.2, -0.15) is 0 Å². The zero-order chi connectivity index (χ0) is 36.7. The lowest BCUT2D eigenvalue weighted by Gasteiger charge is -2.18. The zero-order valence-corrected chi connectivity index (χ0v) is 30.2. The predicted octanol–water partition coefficient (Wildman–Crippen LogP) is 14.0. The van der Waals surface area contributed by atoms with Crippen LogP contribution in [0.1, 0.15) is 0 Å². The van der Waals surface area contributed by atoms with Gasteiger partial charge in [0.25, 0.3) is 0 Å². The van der Waals surface area contributed by atoms with E-state index in [1.54, 1.807) is 0 Å². The maximum Gasteiger partial charge on any atom is 0.160 e. The van der Waals surface area contributed by atoms with E-state index in [9.17, 15) is 0 Å². The maximum atomic E-state index is 5.29. The summed E-state index contributed by atoms with van der Waals surface area (Å²) in [5.74, 6) is 0.693. The molecule has 0 atom stereocenters. The summed E-state index contributed by atoms with van der Waals surface area (Å²) < 4.78 is 0. The lowest BCUT2D eigenvalue weighted by Crippen LogP contribution is -1.97. The van der Waals surface area contributed by atoms with Crippen molar-refractivity contribution in [3.8, 4) is 45.0 Å². The average molecular weight is 710 g/mol. The first kappa shape index (κ1) is 30.9. The van der Waals surface area contributed by atoms with E-state index in [0.29, 0.717) is 5.82 Å². The summed E-state index contributed by atoms with van der Waals surface area (Å²) in [6.45, 7) is 0. The van der Waals surface area contributed by atoms with Gasteiger partial charge in [-0.3, -0.25) is 4.98 Å². The summed E-state index contributed by atoms with van der Waals surface area (Å²) >= 11 is 0. The molecule has 10 aromatic carbocycles. The molecular weight excluding hydrogens is 679 g/mol. The lowest BCUT2D eigenvalue weighted by atomic mass is 9.86. The van der Waals surface area contributed by atoms with Crippen LogP contribution in [0.5, 0.6) is 0 Å². The second kappa shape index (κ2) is 12.0. The second-order valence-corrected chi connectivity index (χ2v) is 14.7. The van der Waals surface area contributed by atoms with Gasteiger partial charge in [-0.05, 0) is 112 Å². The Morgan fingerprint density at radius 1 is 0.304 bits per heavy atom. The largest absolute Gasteiger partial charge is 0.256 e. The van der Waals surface area contributed by atoms with Gasteiger partial charge in [-0.1, -0.05) is 146 Å². The summed E-state index contributed by atoms with van der Waals surface area (Å²) in [5, 5.41) is 16.3. The van der Waals surface area contributed by atoms with Crippen molar-refractivity contribution in [2.75, 3.05) is 0 Å². The number of fused-ring (bicyclic) bond motifs is 3. The van der Waals surface area contributed by atoms with Gasteiger partial charge >= 0.3 is 0 Å². The van der Waals surface area contributed by atoms with Crippen molar-refractivity contribution < 1.29 is 0 Å². The fourth-order valence-corrected chi connectivity index (χ4v) is 9.08. The van der Waals surface area contributed by atoms with Crippen molar-refractivity contribution >= 4 is 75.5 Å². The molecule has 2 aromatic heterocycles. The molecule has 0 aliphatic carbocycles. The van der Waals surface area contributed by atoms with E-state index < -0.39 is 0 Å². The van der Waals surface area contributed by atoms with Crippen LogP contribution in [0, 0.1) is 0 Å². The highest BCUT2D eigenvalue weighted by molar-refractivity contribution is 6.37. The monoisotopic (exact) mass is 709 g/mol. The SMILES string of the molecule is c1ccc(-c2nc(-c3ccc4ncccc4c3)cc(-c3ccccc3-c3cc4ccc5cccc6c7cccc8ccc9cccc(c(c3)c4c56)c9c87)n2)cc1. The van der Waals surface area contributed by atoms with E-state index in [0.717, 1.165) is 50.1 Å². The third-order valence-corrected chi connectivity index (χ3v) is 11.6. The van der Waals surface area contributed by atoms with Crippen LogP contribution in [0.3, 0.4) is 0 Å². The molecule has 0 saturated heterocycles. The third kappa shape index (κ3) is 4.68. The topological polar surface area (TPSA) is 38.7 Å². The molecule has 0 bridgehead atoms. The molecule has 2 heterocycles. The van der Waals surface area contributed by atoms with E-state index in [2.05, 4.69) is 163 Å². The molecule has 0 N–H and O–H groups in total. The van der Waals surface area contributed by atoms with Gasteiger partial charge in [0.1, 0.15) is 0 Å². The van der Waals surface area contributed by atoms with Gasteiger partial charge in [-0.25, -0.2) is 9.97 Å². The van der Waals surface area contributed by atoms with Crippen LogP contribution >= 0.6 is 0 Å². The molecule has 12 aromatic rings. The molecule has 0 amide bonds. The van der Waals surface area contributed by atoms with E-state index in [-0.39, 0.29) is 0 Å². The molecule has 0 saturated carbocycles. The van der Waals surface area contributed by atoms with Crippen LogP contribution in [0.4, 0.5) is 0 Å². The molecule has 3 nitrogen and oxygen atoms in total. The number of rotatable bonds is 4. The summed E-state index contributed by atoms with van der Waals surface area (Å²) in [4.78, 5) is 15.0. The van der Waals surface area contributed by atoms with E-state index in [1.807, 2.05) is 30.5 Å². The van der Waals surface area contributed by atoms with Crippen LogP contribution in [0.15, 0.2) is 188 Å². The minimum atomic E-state index is 0.693. The molecule has 0 aliphatic rings. The molecule has 3 heteroatoms. The average Bonchev–Trinajstić information content (AvgIpc) is 3.27. The first-order chi connectivity index (χ1) is 27.7. The Balaban J connectivity index is 1.16. The van der Waals surface area contributed by atoms with Crippen molar-refractivity contribution in [1.82, 2.24) is 15.0 Å². The van der Waals surface area contributed by atoms with E-state index >= 15 is 0 Å². The van der Waals surface area contributed by atoms with Gasteiger partial charge in [-0.15, -0.1) is 0 Å². The Hall–Kier alpha value is -7.49. The highest BCUT2D eigenvalue weighted by Crippen LogP contribution is 2.45. The summed E-state index contributed by atoms with van der Waals surface area (Å²) in [7, 11) is 0. The minimum Gasteiger partial charge on any atom is -0.256 e. The Kier molecular flexibility index (Phi) is 6.63. The smallest absolute Gasteiger partial charge is 0.160 e. The molecule has 0 spiro atoms. The first-order valence-corrected chi connectivity index (χ1v) is 19.1. The number of aromatic nitrogens is 3. The van der Waals surface area contributed by atoms with E-state index in [1.165, 1.54) is 64.6 Å². The number of hydrogen-bond donors (Lipinski definition) is 0. The van der Waals surface area contributed by atoms with Crippen molar-refractivity contribution in [2.24, 2.45) is 0 Å². The van der Waals surface area contributed by atoms with Crippen LogP contribution < -0.4 is 0 Å². The Labute approximate surface area is 322 Å². The number of nitrogens with zero attached hydrogens (tertiary/aromatic N) is 3. The van der Waals surface area contributed by atoms with Gasteiger partial charge in [0.15, 0.2) is 5.82 Å². The lowest BCUT2D eigenvalue weighted by molar-refractivity contribution is 1.18. The highest BCUT2D eigenvalue weighted by Gasteiger charge is 2.19. The standard InChI is InChI=1S/C53H31N3/c1-2-10-35(11-3-1)53-55-47(37-25-26-46-36(28-37)15-9-27-54-46)31-48(56-53)41-17-5-4-16-40(41)39-29-38-24-23-34-13-7-19-43-42-18-6-12-32-21-22-33-14-8-20-44(51(33)49(32)42)45(30-39)52(38)50(34)43/h1-31H. The quantitative estimate of drug-likeness (QED) is 0.171. The normalized spacial score (nSPS) is 11.9.